The first-order chi connectivity index (χ1) is 38.5. The third kappa shape index (κ3) is 11.3. The summed E-state index contributed by atoms with van der Waals surface area (Å²) in [5.74, 6) is -0.750. The van der Waals surface area contributed by atoms with Crippen molar-refractivity contribution in [3.63, 3.8) is 0 Å². The fourth-order valence-electron chi connectivity index (χ4n) is 10.7. The van der Waals surface area contributed by atoms with Gasteiger partial charge in [0.15, 0.2) is 0 Å². The smallest absolute Gasteiger partial charge is 0.306 e. The third-order valence-electron chi connectivity index (χ3n) is 14.9. The highest BCUT2D eigenvalue weighted by Gasteiger charge is 2.50. The van der Waals surface area contributed by atoms with Crippen LogP contribution in [-0.4, -0.2) is 113 Å². The molecule has 2 heterocycles. The van der Waals surface area contributed by atoms with Crippen LogP contribution in [0.4, 0.5) is 0 Å². The number of nitrogens with zero attached hydrogens (tertiary/aromatic N) is 2. The lowest BCUT2D eigenvalue weighted by Gasteiger charge is -2.40. The molecule has 3 atom stereocenters. The number of esters is 1. The lowest BCUT2D eigenvalue weighted by Crippen LogP contribution is -2.47. The normalized spacial score (nSPS) is 16.0. The second kappa shape index (κ2) is 24.7. The van der Waals surface area contributed by atoms with Gasteiger partial charge >= 0.3 is 5.97 Å². The number of methoxy groups -OCH3 is 4. The summed E-state index contributed by atoms with van der Waals surface area (Å²) < 4.78 is 44.1. The topological polar surface area (TPSA) is 168 Å². The molecule has 15 nitrogen and oxygen atoms in total. The van der Waals surface area contributed by atoms with E-state index in [1.807, 2.05) is 158 Å². The first-order valence-corrected chi connectivity index (χ1v) is 26.1. The molecule has 1 saturated heterocycles. The van der Waals surface area contributed by atoms with Crippen LogP contribution in [0, 0.1) is 5.92 Å². The molecule has 4 amide bonds. The van der Waals surface area contributed by atoms with Crippen LogP contribution in [0.15, 0.2) is 182 Å². The Morgan fingerprint density at radius 1 is 0.494 bits per heavy atom. The van der Waals surface area contributed by atoms with Gasteiger partial charge in [-0.3, -0.25) is 28.9 Å². The van der Waals surface area contributed by atoms with E-state index in [0.29, 0.717) is 23.0 Å². The van der Waals surface area contributed by atoms with Gasteiger partial charge < -0.3 is 43.4 Å². The molecular weight excluding hydrogens is 1000 g/mol. The van der Waals surface area contributed by atoms with E-state index in [9.17, 15) is 19.2 Å². The van der Waals surface area contributed by atoms with Crippen LogP contribution < -0.4 is 24.3 Å². The molecule has 79 heavy (non-hydrogen) atoms. The molecule has 15 heteroatoms. The summed E-state index contributed by atoms with van der Waals surface area (Å²) in [6, 6.07) is 55.5. The maximum Gasteiger partial charge on any atom is 0.306 e. The fraction of sp³-hybridized carbons (Fsp3) is 0.266. The minimum absolute atomic E-state index is 0.123. The van der Waals surface area contributed by atoms with Gasteiger partial charge in [0.25, 0.3) is 11.8 Å². The van der Waals surface area contributed by atoms with E-state index >= 15 is 4.79 Å². The number of rotatable bonds is 23. The zero-order valence-corrected chi connectivity index (χ0v) is 44.8. The largest absolute Gasteiger partial charge is 0.497 e. The van der Waals surface area contributed by atoms with E-state index < -0.39 is 53.0 Å². The molecule has 1 unspecified atom stereocenters. The number of hydrogen-bond donors (Lipinski definition) is 1. The summed E-state index contributed by atoms with van der Waals surface area (Å²) in [5.41, 5.74) is 2.30. The van der Waals surface area contributed by atoms with Crippen LogP contribution >= 0.6 is 0 Å². The molecule has 406 valence electrons. The minimum atomic E-state index is -1.36. The highest BCUT2D eigenvalue weighted by Crippen LogP contribution is 2.46. The summed E-state index contributed by atoms with van der Waals surface area (Å²) in [4.78, 5) is 72.0. The fourth-order valence-corrected chi connectivity index (χ4v) is 10.7. The molecule has 2 aliphatic rings. The number of fused-ring (bicyclic) bond motifs is 1. The number of nitrogens with one attached hydrogen (secondary N) is 1. The molecule has 0 spiro atoms. The number of carbonyl (C=O) groups excluding carboxylic acids is 5. The Kier molecular flexibility index (Phi) is 17.2. The number of imide groups is 1. The number of benzene rings is 7. The van der Waals surface area contributed by atoms with Crippen molar-refractivity contribution in [1.29, 1.82) is 0 Å². The highest BCUT2D eigenvalue weighted by molar-refractivity contribution is 6.21. The number of carbonyl (C=O) groups is 5. The van der Waals surface area contributed by atoms with Crippen LogP contribution in [0.5, 0.6) is 23.0 Å². The molecule has 0 radical (unpaired) electrons. The van der Waals surface area contributed by atoms with Gasteiger partial charge in [-0.25, -0.2) is 0 Å². The van der Waals surface area contributed by atoms with Crippen LogP contribution in [-0.2, 0) is 39.8 Å². The molecule has 7 aromatic rings. The van der Waals surface area contributed by atoms with Crippen LogP contribution in [0.2, 0.25) is 0 Å². The van der Waals surface area contributed by atoms with Crippen molar-refractivity contribution in [2.24, 2.45) is 5.92 Å². The van der Waals surface area contributed by atoms with Crippen molar-refractivity contribution in [2.75, 3.05) is 61.8 Å². The molecule has 2 aliphatic heterocycles. The number of hydrogen-bond acceptors (Lipinski definition) is 12. The molecule has 0 saturated carbocycles. The van der Waals surface area contributed by atoms with Gasteiger partial charge in [0.05, 0.1) is 71.8 Å². The van der Waals surface area contributed by atoms with E-state index in [-0.39, 0.29) is 62.6 Å². The van der Waals surface area contributed by atoms with E-state index in [0.717, 1.165) is 38.3 Å². The Balaban J connectivity index is 1.19. The van der Waals surface area contributed by atoms with Crippen molar-refractivity contribution >= 4 is 29.6 Å². The zero-order chi connectivity index (χ0) is 55.5. The Hall–Kier alpha value is -8.79. The molecule has 0 bridgehead atoms. The molecular formula is C64H63N3O12. The summed E-state index contributed by atoms with van der Waals surface area (Å²) in [6.45, 7) is -0.651. The van der Waals surface area contributed by atoms with Crippen LogP contribution in [0.1, 0.15) is 73.4 Å². The molecule has 0 aromatic heterocycles. The van der Waals surface area contributed by atoms with E-state index in [2.05, 4.69) is 5.32 Å². The predicted molar refractivity (Wildman–Crippen MR) is 295 cm³/mol. The standard InChI is InChI=1S/C64H63N3O12/c1-65-58(68)36-37-60(70)79-57-40-67(59(69)38-39-66-61(71)53-18-12-13-19-54(53)62(66)72)56(42-78-64(44-16-10-7-11-17-44,47-24-32-51(75-4)33-25-47)48-26-34-52(76-5)35-27-48)55(57)41-77-63(43-14-8-6-9-15-43,45-20-28-49(73-2)29-21-45)46-22-30-50(74-3)31-23-46/h6-35,55-57H,36-42H2,1-5H3,(H,65,68)/t55?,56-,57+/m1/s1. The number of amides is 4. The van der Waals surface area contributed by atoms with Gasteiger partial charge in [0.1, 0.15) is 40.3 Å². The number of ether oxygens (including phenoxy) is 7. The third-order valence-corrected chi connectivity index (χ3v) is 14.9. The average molecular weight is 1070 g/mol. The molecule has 1 N–H and O–H groups in total. The first kappa shape index (κ1) is 55.0. The van der Waals surface area contributed by atoms with Crippen molar-refractivity contribution in [2.45, 2.75) is 42.6 Å². The minimum Gasteiger partial charge on any atom is -0.497 e. The van der Waals surface area contributed by atoms with Gasteiger partial charge in [-0.05, 0) is 94.0 Å². The van der Waals surface area contributed by atoms with Crippen molar-refractivity contribution in [3.05, 3.63) is 226 Å². The van der Waals surface area contributed by atoms with Crippen molar-refractivity contribution in [3.8, 4) is 23.0 Å². The monoisotopic (exact) mass is 1070 g/mol. The Morgan fingerprint density at radius 2 is 0.873 bits per heavy atom. The molecule has 1 fully saturated rings. The summed E-state index contributed by atoms with van der Waals surface area (Å²) in [5, 5.41) is 2.57. The van der Waals surface area contributed by atoms with Crippen molar-refractivity contribution in [1.82, 2.24) is 15.1 Å². The lowest BCUT2D eigenvalue weighted by atomic mass is 9.79. The van der Waals surface area contributed by atoms with Crippen LogP contribution in [0.25, 0.3) is 0 Å². The predicted octanol–water partition coefficient (Wildman–Crippen LogP) is 8.99. The molecule has 7 aromatic carbocycles. The summed E-state index contributed by atoms with van der Waals surface area (Å²) in [7, 11) is 7.88. The SMILES string of the molecule is CNC(=O)CCC(=O)O[C@H]1CN(C(=O)CCN2C(=O)c3ccccc3C2=O)[C@H](COC(c2ccccc2)(c2ccc(OC)cc2)c2ccc(OC)cc2)C1COC(c1ccccc1)(c1ccc(OC)cc1)c1ccc(OC)cc1. The Labute approximate surface area is 459 Å². The summed E-state index contributed by atoms with van der Waals surface area (Å²) in [6.07, 6.45) is -1.66. The zero-order valence-electron chi connectivity index (χ0n) is 44.8. The second-order valence-electron chi connectivity index (χ2n) is 19.2. The van der Waals surface area contributed by atoms with Gasteiger partial charge in [0.2, 0.25) is 11.8 Å². The molecule has 9 rings (SSSR count). The van der Waals surface area contributed by atoms with Gasteiger partial charge in [-0.15, -0.1) is 0 Å². The summed E-state index contributed by atoms with van der Waals surface area (Å²) >= 11 is 0. The first-order valence-electron chi connectivity index (χ1n) is 26.1. The van der Waals surface area contributed by atoms with E-state index in [1.54, 1.807) is 57.6 Å². The number of likely N-dealkylation sites (tertiary alicyclic amines) is 1. The lowest BCUT2D eigenvalue weighted by molar-refractivity contribution is -0.153. The van der Waals surface area contributed by atoms with E-state index in [1.165, 1.54) is 7.05 Å². The highest BCUT2D eigenvalue weighted by atomic mass is 16.6. The quantitative estimate of drug-likeness (QED) is 0.0367. The maximum atomic E-state index is 15.3. The Bertz CT molecular complexity index is 3100. The van der Waals surface area contributed by atoms with Gasteiger partial charge in [-0.2, -0.15) is 0 Å². The van der Waals surface area contributed by atoms with Gasteiger partial charge in [0, 0.05) is 32.4 Å². The average Bonchev–Trinajstić information content (AvgIpc) is 4.15. The van der Waals surface area contributed by atoms with Crippen molar-refractivity contribution < 1.29 is 57.1 Å². The second-order valence-corrected chi connectivity index (χ2v) is 19.2. The van der Waals surface area contributed by atoms with Crippen LogP contribution in [0.3, 0.4) is 0 Å². The molecule has 0 aliphatic carbocycles. The Morgan fingerprint density at radius 3 is 1.27 bits per heavy atom. The maximum absolute atomic E-state index is 15.3. The van der Waals surface area contributed by atoms with E-state index in [4.69, 9.17) is 33.2 Å². The van der Waals surface area contributed by atoms with Gasteiger partial charge in [-0.1, -0.05) is 121 Å².